The minimum absolute atomic E-state index is 0.164. The number of fused-ring (bicyclic) bond motifs is 2. The van der Waals surface area contributed by atoms with Gasteiger partial charge in [-0.2, -0.15) is 0 Å². The van der Waals surface area contributed by atoms with Crippen molar-refractivity contribution < 1.29 is 28.6 Å². The van der Waals surface area contributed by atoms with Gasteiger partial charge in [0.15, 0.2) is 0 Å². The van der Waals surface area contributed by atoms with Crippen molar-refractivity contribution in [3.63, 3.8) is 0 Å². The Morgan fingerprint density at radius 1 is 0.946 bits per heavy atom. The maximum Gasteiger partial charge on any atom is 0.323 e. The molecule has 37 heavy (non-hydrogen) atoms. The summed E-state index contributed by atoms with van der Waals surface area (Å²) in [6.45, 7) is 5.71. The first kappa shape index (κ1) is 24.8. The lowest BCUT2D eigenvalue weighted by Crippen LogP contribution is -2.35. The first-order chi connectivity index (χ1) is 17.5. The van der Waals surface area contributed by atoms with Gasteiger partial charge in [0.1, 0.15) is 35.1 Å². The van der Waals surface area contributed by atoms with Gasteiger partial charge in [-0.15, -0.1) is 0 Å². The van der Waals surface area contributed by atoms with Gasteiger partial charge in [0.2, 0.25) is 0 Å². The zero-order valence-electron chi connectivity index (χ0n) is 21.2. The molecular formula is C30H30FNO5. The lowest BCUT2D eigenvalue weighted by Gasteiger charge is -2.24. The maximum absolute atomic E-state index is 14.2. The molecule has 0 fully saturated rings. The number of rotatable bonds is 7. The molecule has 2 heterocycles. The van der Waals surface area contributed by atoms with E-state index in [0.29, 0.717) is 29.7 Å². The SMILES string of the molecule is CC1(C)Cc2cc(CN(CC(=O)O)C(=O)c3ccc4c(c3)CC(C)(Cc3ccccc3F)O4)ccc2O1. The van der Waals surface area contributed by atoms with Crippen LogP contribution in [0.15, 0.2) is 60.7 Å². The van der Waals surface area contributed by atoms with Crippen molar-refractivity contribution in [2.24, 2.45) is 0 Å². The standard InChI is InChI=1S/C30H30FNO5/c1-29(2)14-22-12-19(8-10-25(22)36-29)17-32(18-27(33)34)28(35)20-9-11-26-23(13-20)16-30(3,37-26)15-21-6-4-5-7-24(21)31/h4-13H,14-18H2,1-3H3,(H,33,34). The van der Waals surface area contributed by atoms with Gasteiger partial charge in [-0.3, -0.25) is 9.59 Å². The number of hydrogen-bond acceptors (Lipinski definition) is 4. The first-order valence-electron chi connectivity index (χ1n) is 12.4. The summed E-state index contributed by atoms with van der Waals surface area (Å²) in [5, 5.41) is 9.50. The van der Waals surface area contributed by atoms with Gasteiger partial charge in [0, 0.05) is 31.4 Å². The van der Waals surface area contributed by atoms with Crippen LogP contribution in [0, 0.1) is 5.82 Å². The quantitative estimate of drug-likeness (QED) is 0.480. The van der Waals surface area contributed by atoms with Gasteiger partial charge in [-0.1, -0.05) is 30.3 Å². The van der Waals surface area contributed by atoms with Gasteiger partial charge in [-0.25, -0.2) is 4.39 Å². The van der Waals surface area contributed by atoms with Crippen molar-refractivity contribution in [2.75, 3.05) is 6.54 Å². The van der Waals surface area contributed by atoms with E-state index in [1.807, 2.05) is 39.0 Å². The van der Waals surface area contributed by atoms with Gasteiger partial charge in [0.05, 0.1) is 0 Å². The number of benzene rings is 3. The van der Waals surface area contributed by atoms with E-state index >= 15 is 0 Å². The minimum atomic E-state index is -1.08. The Morgan fingerprint density at radius 3 is 2.41 bits per heavy atom. The normalized spacial score (nSPS) is 18.9. The second kappa shape index (κ2) is 9.21. The van der Waals surface area contributed by atoms with E-state index in [0.717, 1.165) is 28.9 Å². The van der Waals surface area contributed by atoms with E-state index in [1.54, 1.807) is 36.4 Å². The van der Waals surface area contributed by atoms with Crippen LogP contribution in [0.4, 0.5) is 4.39 Å². The zero-order valence-corrected chi connectivity index (χ0v) is 21.2. The van der Waals surface area contributed by atoms with E-state index in [4.69, 9.17) is 9.47 Å². The summed E-state index contributed by atoms with van der Waals surface area (Å²) in [6.07, 6.45) is 1.65. The average molecular weight is 504 g/mol. The molecule has 1 unspecified atom stereocenters. The van der Waals surface area contributed by atoms with E-state index < -0.39 is 18.1 Å². The van der Waals surface area contributed by atoms with Gasteiger partial charge in [-0.05, 0) is 73.4 Å². The largest absolute Gasteiger partial charge is 0.487 e. The Kier molecular flexibility index (Phi) is 6.18. The number of aliphatic carboxylic acids is 1. The Balaban J connectivity index is 1.34. The predicted molar refractivity (Wildman–Crippen MR) is 137 cm³/mol. The highest BCUT2D eigenvalue weighted by Crippen LogP contribution is 2.38. The number of carbonyl (C=O) groups excluding carboxylic acids is 1. The number of amides is 1. The molecule has 0 radical (unpaired) electrons. The summed E-state index contributed by atoms with van der Waals surface area (Å²) in [4.78, 5) is 26.4. The summed E-state index contributed by atoms with van der Waals surface area (Å²) in [6, 6.07) is 17.5. The second-order valence-electron chi connectivity index (χ2n) is 10.9. The highest BCUT2D eigenvalue weighted by atomic mass is 19.1. The van der Waals surface area contributed by atoms with Crippen molar-refractivity contribution in [3.8, 4) is 11.5 Å². The molecule has 2 aliphatic rings. The van der Waals surface area contributed by atoms with Crippen molar-refractivity contribution >= 4 is 11.9 Å². The van der Waals surface area contributed by atoms with Crippen molar-refractivity contribution in [1.29, 1.82) is 0 Å². The molecule has 1 N–H and O–H groups in total. The molecule has 0 aromatic heterocycles. The van der Waals surface area contributed by atoms with Crippen LogP contribution in [0.25, 0.3) is 0 Å². The predicted octanol–water partition coefficient (Wildman–Crippen LogP) is 5.20. The molecule has 0 bridgehead atoms. The summed E-state index contributed by atoms with van der Waals surface area (Å²) in [5.74, 6) is -0.251. The summed E-state index contributed by atoms with van der Waals surface area (Å²) in [7, 11) is 0. The van der Waals surface area contributed by atoms with E-state index in [9.17, 15) is 19.1 Å². The van der Waals surface area contributed by atoms with E-state index in [2.05, 4.69) is 0 Å². The molecule has 0 spiro atoms. The molecule has 1 atom stereocenters. The molecule has 2 aliphatic heterocycles. The van der Waals surface area contributed by atoms with Crippen LogP contribution in [-0.2, 0) is 30.6 Å². The Morgan fingerprint density at radius 2 is 1.65 bits per heavy atom. The molecule has 3 aromatic carbocycles. The van der Waals surface area contributed by atoms with Crippen LogP contribution >= 0.6 is 0 Å². The molecule has 0 saturated heterocycles. The Hall–Kier alpha value is -3.87. The van der Waals surface area contributed by atoms with Gasteiger partial charge >= 0.3 is 5.97 Å². The van der Waals surface area contributed by atoms with Crippen molar-refractivity contribution in [1.82, 2.24) is 4.90 Å². The van der Waals surface area contributed by atoms with Crippen LogP contribution in [0.2, 0.25) is 0 Å². The highest BCUT2D eigenvalue weighted by molar-refractivity contribution is 5.96. The lowest BCUT2D eigenvalue weighted by molar-refractivity contribution is -0.137. The fourth-order valence-corrected chi connectivity index (χ4v) is 5.32. The molecule has 0 saturated carbocycles. The topological polar surface area (TPSA) is 76.1 Å². The number of carbonyl (C=O) groups is 2. The second-order valence-corrected chi connectivity index (χ2v) is 10.9. The molecule has 3 aromatic rings. The van der Waals surface area contributed by atoms with Gasteiger partial charge in [0.25, 0.3) is 5.91 Å². The third-order valence-electron chi connectivity index (χ3n) is 6.86. The smallest absolute Gasteiger partial charge is 0.323 e. The molecule has 1 amide bonds. The van der Waals surface area contributed by atoms with Crippen molar-refractivity contribution in [2.45, 2.75) is 57.8 Å². The number of halogens is 1. The first-order valence-corrected chi connectivity index (χ1v) is 12.4. The monoisotopic (exact) mass is 503 g/mol. The number of hydrogen-bond donors (Lipinski definition) is 1. The fourth-order valence-electron chi connectivity index (χ4n) is 5.32. The molecule has 6 nitrogen and oxygen atoms in total. The minimum Gasteiger partial charge on any atom is -0.487 e. The molecule has 5 rings (SSSR count). The van der Waals surface area contributed by atoms with E-state index in [-0.39, 0.29) is 23.9 Å². The van der Waals surface area contributed by atoms with Gasteiger partial charge < -0.3 is 19.5 Å². The number of carboxylic acids is 1. The number of carboxylic acid groups (broad SMARTS) is 1. The lowest BCUT2D eigenvalue weighted by atomic mass is 9.91. The number of ether oxygens (including phenoxy) is 2. The fraction of sp³-hybridized carbons (Fsp3) is 0.333. The van der Waals surface area contributed by atoms with Crippen LogP contribution in [0.5, 0.6) is 11.5 Å². The Bertz CT molecular complexity index is 1380. The maximum atomic E-state index is 14.2. The van der Waals surface area contributed by atoms with Crippen LogP contribution in [-0.4, -0.2) is 39.6 Å². The third kappa shape index (κ3) is 5.31. The number of nitrogens with zero attached hydrogens (tertiary/aromatic N) is 1. The molecule has 192 valence electrons. The summed E-state index contributed by atoms with van der Waals surface area (Å²) >= 11 is 0. The molecule has 0 aliphatic carbocycles. The van der Waals surface area contributed by atoms with Crippen LogP contribution < -0.4 is 9.47 Å². The Labute approximate surface area is 215 Å². The van der Waals surface area contributed by atoms with Crippen LogP contribution in [0.3, 0.4) is 0 Å². The van der Waals surface area contributed by atoms with Crippen molar-refractivity contribution in [3.05, 3.63) is 94.3 Å². The summed E-state index contributed by atoms with van der Waals surface area (Å²) < 4.78 is 26.3. The highest BCUT2D eigenvalue weighted by Gasteiger charge is 2.36. The molecular weight excluding hydrogens is 473 g/mol. The summed E-state index contributed by atoms with van der Waals surface area (Å²) in [5.41, 5.74) is 2.77. The average Bonchev–Trinajstić information content (AvgIpc) is 3.32. The van der Waals surface area contributed by atoms with Crippen LogP contribution in [0.1, 0.15) is 53.4 Å². The molecule has 7 heteroatoms. The zero-order chi connectivity index (χ0) is 26.4. The van der Waals surface area contributed by atoms with E-state index in [1.165, 1.54) is 11.0 Å². The third-order valence-corrected chi connectivity index (χ3v) is 6.86.